The molecular weight excluding hydrogens is 364 g/mol. The van der Waals surface area contributed by atoms with Crippen LogP contribution in [0.25, 0.3) is 12.2 Å². The fourth-order valence-electron chi connectivity index (χ4n) is 3.76. The second-order valence-electron chi connectivity index (χ2n) is 8.01. The minimum absolute atomic E-state index is 0.447. The van der Waals surface area contributed by atoms with E-state index in [2.05, 4.69) is 25.4 Å². The summed E-state index contributed by atoms with van der Waals surface area (Å²) in [4.78, 5) is 11.4. The lowest BCUT2D eigenvalue weighted by Gasteiger charge is -2.47. The summed E-state index contributed by atoms with van der Waals surface area (Å²) in [6.45, 7) is 3.20. The van der Waals surface area contributed by atoms with E-state index in [4.69, 9.17) is 4.98 Å². The van der Waals surface area contributed by atoms with Crippen molar-refractivity contribution in [1.82, 2.24) is 20.2 Å². The first kappa shape index (κ1) is 17.9. The Hall–Kier alpha value is -3.19. The number of β-amino-alcohol motifs (C(OH)–C–C–N with tert-alkyl or cyclic N) is 1. The third kappa shape index (κ3) is 3.86. The molecule has 0 unspecified atom stereocenters. The van der Waals surface area contributed by atoms with Crippen LogP contribution < -0.4 is 10.2 Å². The average Bonchev–Trinajstić information content (AvgIpc) is 3.48. The minimum atomic E-state index is -0.558. The van der Waals surface area contributed by atoms with Crippen molar-refractivity contribution in [1.29, 1.82) is 0 Å². The van der Waals surface area contributed by atoms with Crippen molar-refractivity contribution in [3.05, 3.63) is 59.5 Å². The van der Waals surface area contributed by atoms with Gasteiger partial charge in [-0.1, -0.05) is 36.4 Å². The summed E-state index contributed by atoms with van der Waals surface area (Å²) in [5.41, 5.74) is 1.51. The highest BCUT2D eigenvalue weighted by Gasteiger charge is 2.52. The molecule has 0 spiro atoms. The number of rotatable bonds is 6. The van der Waals surface area contributed by atoms with Crippen molar-refractivity contribution in [3.8, 4) is 0 Å². The van der Waals surface area contributed by atoms with Gasteiger partial charge in [-0.3, -0.25) is 5.10 Å². The van der Waals surface area contributed by atoms with Crippen molar-refractivity contribution in [3.63, 3.8) is 0 Å². The molecule has 1 aliphatic carbocycles. The Morgan fingerprint density at radius 1 is 1.10 bits per heavy atom. The van der Waals surface area contributed by atoms with Crippen LogP contribution in [0.5, 0.6) is 0 Å². The van der Waals surface area contributed by atoms with Crippen LogP contribution in [0.3, 0.4) is 0 Å². The van der Waals surface area contributed by atoms with Gasteiger partial charge >= 0.3 is 0 Å². The number of aromatic nitrogens is 4. The Labute approximate surface area is 169 Å². The van der Waals surface area contributed by atoms with Gasteiger partial charge in [0.1, 0.15) is 17.2 Å². The van der Waals surface area contributed by atoms with E-state index in [0.29, 0.717) is 36.5 Å². The summed E-state index contributed by atoms with van der Waals surface area (Å²) in [5, 5.41) is 21.1. The molecule has 29 heavy (non-hydrogen) atoms. The van der Waals surface area contributed by atoms with Gasteiger partial charge < -0.3 is 15.3 Å². The zero-order chi connectivity index (χ0) is 19.8. The van der Waals surface area contributed by atoms with Crippen molar-refractivity contribution in [2.45, 2.75) is 25.4 Å². The number of hydrogen-bond acceptors (Lipinski definition) is 6. The van der Waals surface area contributed by atoms with E-state index < -0.39 is 5.60 Å². The van der Waals surface area contributed by atoms with E-state index in [1.165, 1.54) is 0 Å². The van der Waals surface area contributed by atoms with E-state index in [1.807, 2.05) is 61.5 Å². The molecule has 2 aliphatic rings. The Morgan fingerprint density at radius 3 is 2.59 bits per heavy atom. The molecule has 1 aliphatic heterocycles. The normalized spacial score (nSPS) is 18.1. The van der Waals surface area contributed by atoms with Gasteiger partial charge in [-0.05, 0) is 37.3 Å². The Morgan fingerprint density at radius 2 is 1.90 bits per heavy atom. The summed E-state index contributed by atoms with van der Waals surface area (Å²) in [6.07, 6.45) is 6.17. The molecule has 0 atom stereocenters. The predicted molar refractivity (Wildman–Crippen MR) is 114 cm³/mol. The average molecular weight is 388 g/mol. The highest BCUT2D eigenvalue weighted by Crippen LogP contribution is 2.45. The molecular formula is C22H24N6O. The summed E-state index contributed by atoms with van der Waals surface area (Å²) >= 11 is 0. The number of hydrogen-bond donors (Lipinski definition) is 3. The largest absolute Gasteiger partial charge is 0.386 e. The number of H-pyrrole nitrogens is 1. The van der Waals surface area contributed by atoms with Crippen LogP contribution >= 0.6 is 0 Å². The summed E-state index contributed by atoms with van der Waals surface area (Å²) in [5.74, 6) is 3.26. The molecule has 5 rings (SSSR count). The first-order valence-electron chi connectivity index (χ1n) is 9.96. The summed E-state index contributed by atoms with van der Waals surface area (Å²) < 4.78 is 0. The fraction of sp³-hybridized carbons (Fsp3) is 0.318. The van der Waals surface area contributed by atoms with E-state index in [1.54, 1.807) is 0 Å². The van der Waals surface area contributed by atoms with E-state index in [0.717, 1.165) is 29.9 Å². The quantitative estimate of drug-likeness (QED) is 0.600. The van der Waals surface area contributed by atoms with E-state index in [9.17, 15) is 5.11 Å². The summed E-state index contributed by atoms with van der Waals surface area (Å²) in [6, 6.07) is 13.9. The SMILES string of the molecule is Cc1cc(Nc2cc(N3CC(O)(C4CC4)C3)nc(/C=C/c3ccccc3)n2)n[nH]1. The van der Waals surface area contributed by atoms with E-state index in [-0.39, 0.29) is 0 Å². The molecule has 7 nitrogen and oxygen atoms in total. The van der Waals surface area contributed by atoms with Crippen LogP contribution in [0.2, 0.25) is 0 Å². The van der Waals surface area contributed by atoms with Gasteiger partial charge in [0, 0.05) is 17.8 Å². The number of benzene rings is 1. The molecule has 3 N–H and O–H groups in total. The second kappa shape index (κ2) is 7.00. The third-order valence-corrected chi connectivity index (χ3v) is 5.51. The minimum Gasteiger partial charge on any atom is -0.386 e. The van der Waals surface area contributed by atoms with Crippen molar-refractivity contribution < 1.29 is 5.11 Å². The van der Waals surface area contributed by atoms with Crippen LogP contribution in [0, 0.1) is 12.8 Å². The standard InChI is InChI=1S/C22H24N6O/c1-15-11-20(27-26-15)24-19-12-21(28-13-22(29,14-28)17-8-9-17)25-18(23-19)10-7-16-5-3-2-4-6-16/h2-7,10-12,17,29H,8-9,13-14H2,1H3,(H2,23,24,25,26,27)/b10-7+. The molecule has 0 bridgehead atoms. The molecule has 7 heteroatoms. The first-order chi connectivity index (χ1) is 14.1. The Balaban J connectivity index is 1.41. The molecule has 1 saturated carbocycles. The zero-order valence-electron chi connectivity index (χ0n) is 16.3. The number of nitrogens with zero attached hydrogens (tertiary/aromatic N) is 4. The molecule has 2 fully saturated rings. The lowest BCUT2D eigenvalue weighted by atomic mass is 9.89. The van der Waals surface area contributed by atoms with Gasteiger partial charge in [-0.25, -0.2) is 9.97 Å². The van der Waals surface area contributed by atoms with Crippen LogP contribution in [0.1, 0.15) is 29.9 Å². The smallest absolute Gasteiger partial charge is 0.156 e. The molecule has 2 aromatic heterocycles. The van der Waals surface area contributed by atoms with Crippen LogP contribution in [0.4, 0.5) is 17.5 Å². The van der Waals surface area contributed by atoms with Crippen molar-refractivity contribution in [2.75, 3.05) is 23.3 Å². The van der Waals surface area contributed by atoms with Crippen molar-refractivity contribution >= 4 is 29.6 Å². The molecule has 3 heterocycles. The third-order valence-electron chi connectivity index (χ3n) is 5.51. The van der Waals surface area contributed by atoms with Gasteiger partial charge in [-0.15, -0.1) is 0 Å². The van der Waals surface area contributed by atoms with Gasteiger partial charge in [0.25, 0.3) is 0 Å². The van der Waals surface area contributed by atoms with Gasteiger partial charge in [0.2, 0.25) is 0 Å². The van der Waals surface area contributed by atoms with Crippen molar-refractivity contribution in [2.24, 2.45) is 5.92 Å². The van der Waals surface area contributed by atoms with Crippen LogP contribution in [-0.2, 0) is 0 Å². The second-order valence-corrected chi connectivity index (χ2v) is 8.01. The number of nitrogens with one attached hydrogen (secondary N) is 2. The number of anilines is 3. The molecule has 0 amide bonds. The van der Waals surface area contributed by atoms with Gasteiger partial charge in [0.15, 0.2) is 11.6 Å². The summed E-state index contributed by atoms with van der Waals surface area (Å²) in [7, 11) is 0. The molecule has 148 valence electrons. The maximum Gasteiger partial charge on any atom is 0.156 e. The lowest BCUT2D eigenvalue weighted by Crippen LogP contribution is -2.63. The highest BCUT2D eigenvalue weighted by molar-refractivity contribution is 5.69. The number of aliphatic hydroxyl groups is 1. The van der Waals surface area contributed by atoms with Gasteiger partial charge in [0.05, 0.1) is 13.1 Å². The van der Waals surface area contributed by atoms with Gasteiger partial charge in [-0.2, -0.15) is 5.10 Å². The lowest BCUT2D eigenvalue weighted by molar-refractivity contribution is -0.00975. The number of aromatic amines is 1. The Kier molecular flexibility index (Phi) is 4.32. The Bertz CT molecular complexity index is 1030. The monoisotopic (exact) mass is 388 g/mol. The molecule has 1 aromatic carbocycles. The van der Waals surface area contributed by atoms with Crippen LogP contribution in [0.15, 0.2) is 42.5 Å². The number of aryl methyl sites for hydroxylation is 1. The molecule has 0 radical (unpaired) electrons. The predicted octanol–water partition coefficient (Wildman–Crippen LogP) is 3.38. The van der Waals surface area contributed by atoms with Crippen LogP contribution in [-0.4, -0.2) is 44.0 Å². The molecule has 3 aromatic rings. The maximum atomic E-state index is 10.7. The first-order valence-corrected chi connectivity index (χ1v) is 9.96. The highest BCUT2D eigenvalue weighted by atomic mass is 16.3. The molecule has 1 saturated heterocycles. The maximum absolute atomic E-state index is 10.7. The van der Waals surface area contributed by atoms with E-state index >= 15 is 0 Å². The zero-order valence-corrected chi connectivity index (χ0v) is 16.3. The topological polar surface area (TPSA) is 90.0 Å². The fourth-order valence-corrected chi connectivity index (χ4v) is 3.76.